The zero-order valence-corrected chi connectivity index (χ0v) is 12.2. The minimum Gasteiger partial charge on any atom is -0.494 e. The Labute approximate surface area is 124 Å². The van der Waals surface area contributed by atoms with E-state index >= 15 is 0 Å². The van der Waals surface area contributed by atoms with Crippen LogP contribution in [0.3, 0.4) is 0 Å². The number of hydrogen-bond donors (Lipinski definition) is 2. The molecule has 0 amide bonds. The van der Waals surface area contributed by atoms with E-state index in [1.807, 2.05) is 43.3 Å². The Hall–Kier alpha value is -2.01. The molecule has 0 radical (unpaired) electrons. The molecule has 2 aromatic rings. The Kier molecular flexibility index (Phi) is 5.43. The Morgan fingerprint density at radius 2 is 2.05 bits per heavy atom. The van der Waals surface area contributed by atoms with Gasteiger partial charge in [0.2, 0.25) is 0 Å². The van der Waals surface area contributed by atoms with Crippen molar-refractivity contribution in [2.45, 2.75) is 13.3 Å². The fourth-order valence-corrected chi connectivity index (χ4v) is 1.95. The summed E-state index contributed by atoms with van der Waals surface area (Å²) in [5, 5.41) is 6.86. The molecule has 1 heterocycles. The molecule has 0 saturated carbocycles. The summed E-state index contributed by atoms with van der Waals surface area (Å²) >= 11 is 5.23. The van der Waals surface area contributed by atoms with Gasteiger partial charge in [-0.1, -0.05) is 0 Å². The predicted molar refractivity (Wildman–Crippen MR) is 84.2 cm³/mol. The molecule has 1 aromatic heterocycles. The van der Waals surface area contributed by atoms with Gasteiger partial charge in [0.15, 0.2) is 5.11 Å². The van der Waals surface area contributed by atoms with Gasteiger partial charge in [-0.3, -0.25) is 0 Å². The van der Waals surface area contributed by atoms with Crippen molar-refractivity contribution in [2.75, 3.05) is 18.5 Å². The van der Waals surface area contributed by atoms with Gasteiger partial charge >= 0.3 is 0 Å². The number of benzene rings is 1. The summed E-state index contributed by atoms with van der Waals surface area (Å²) < 4.78 is 10.6. The summed E-state index contributed by atoms with van der Waals surface area (Å²) in [5.41, 5.74) is 0.934. The van der Waals surface area contributed by atoms with Crippen LogP contribution in [0, 0.1) is 0 Å². The number of anilines is 1. The molecule has 0 saturated heterocycles. The van der Waals surface area contributed by atoms with Gasteiger partial charge < -0.3 is 19.8 Å². The molecule has 5 heteroatoms. The Morgan fingerprint density at radius 1 is 1.25 bits per heavy atom. The second kappa shape index (κ2) is 7.55. The average Bonchev–Trinajstić information content (AvgIpc) is 2.94. The normalized spacial score (nSPS) is 10.1. The third kappa shape index (κ3) is 4.59. The fraction of sp³-hybridized carbons (Fsp3) is 0.267. The topological polar surface area (TPSA) is 46.4 Å². The molecule has 0 spiro atoms. The van der Waals surface area contributed by atoms with E-state index in [2.05, 4.69) is 10.6 Å². The van der Waals surface area contributed by atoms with E-state index in [9.17, 15) is 0 Å². The van der Waals surface area contributed by atoms with Gasteiger partial charge in [-0.25, -0.2) is 0 Å². The lowest BCUT2D eigenvalue weighted by atomic mass is 10.3. The Bertz CT molecular complexity index is 523. The number of thiocarbonyl (C=S) groups is 1. The predicted octanol–water partition coefficient (Wildman–Crippen LogP) is 3.21. The molecular weight excluding hydrogens is 272 g/mol. The van der Waals surface area contributed by atoms with Crippen molar-refractivity contribution in [3.63, 3.8) is 0 Å². The van der Waals surface area contributed by atoms with Crippen LogP contribution in [0.2, 0.25) is 0 Å². The maximum atomic E-state index is 5.39. The molecule has 2 rings (SSSR count). The van der Waals surface area contributed by atoms with Gasteiger partial charge in [0, 0.05) is 18.7 Å². The summed E-state index contributed by atoms with van der Waals surface area (Å²) in [6.45, 7) is 3.36. The van der Waals surface area contributed by atoms with E-state index in [1.165, 1.54) is 0 Å². The minimum absolute atomic E-state index is 0.598. The van der Waals surface area contributed by atoms with Crippen LogP contribution in [0.1, 0.15) is 12.7 Å². The highest BCUT2D eigenvalue weighted by atomic mass is 32.1. The van der Waals surface area contributed by atoms with Gasteiger partial charge in [-0.2, -0.15) is 0 Å². The van der Waals surface area contributed by atoms with Crippen LogP contribution >= 0.6 is 12.2 Å². The summed E-state index contributed by atoms with van der Waals surface area (Å²) in [4.78, 5) is 0. The maximum Gasteiger partial charge on any atom is 0.170 e. The van der Waals surface area contributed by atoms with Gasteiger partial charge in [0.25, 0.3) is 0 Å². The second-order valence-electron chi connectivity index (χ2n) is 4.17. The summed E-state index contributed by atoms with van der Waals surface area (Å²) in [7, 11) is 0. The highest BCUT2D eigenvalue weighted by molar-refractivity contribution is 7.80. The van der Waals surface area contributed by atoms with Crippen LogP contribution in [0.25, 0.3) is 0 Å². The molecule has 0 aliphatic heterocycles. The highest BCUT2D eigenvalue weighted by Gasteiger charge is 2.00. The first-order valence-corrected chi connectivity index (χ1v) is 6.99. The van der Waals surface area contributed by atoms with Crippen LogP contribution in [0.5, 0.6) is 5.75 Å². The lowest BCUT2D eigenvalue weighted by Crippen LogP contribution is -2.30. The van der Waals surface area contributed by atoms with Crippen molar-refractivity contribution in [3.05, 3.63) is 48.4 Å². The molecule has 2 N–H and O–H groups in total. The quantitative estimate of drug-likeness (QED) is 0.800. The van der Waals surface area contributed by atoms with Crippen molar-refractivity contribution < 1.29 is 9.15 Å². The Balaban J connectivity index is 1.73. The summed E-state index contributed by atoms with van der Waals surface area (Å²) in [6, 6.07) is 11.5. The van der Waals surface area contributed by atoms with Crippen molar-refractivity contribution >= 4 is 23.0 Å². The van der Waals surface area contributed by atoms with Gasteiger partial charge in [-0.05, 0) is 55.5 Å². The molecule has 0 fully saturated rings. The largest absolute Gasteiger partial charge is 0.494 e. The third-order valence-electron chi connectivity index (χ3n) is 2.66. The highest BCUT2D eigenvalue weighted by Crippen LogP contribution is 2.15. The van der Waals surface area contributed by atoms with Crippen LogP contribution in [-0.4, -0.2) is 18.3 Å². The fourth-order valence-electron chi connectivity index (χ4n) is 1.73. The van der Waals surface area contributed by atoms with Crippen LogP contribution in [0.15, 0.2) is 47.1 Å². The zero-order chi connectivity index (χ0) is 14.2. The number of ether oxygens (including phenoxy) is 1. The molecule has 0 unspecified atom stereocenters. The lowest BCUT2D eigenvalue weighted by Gasteiger charge is -2.10. The van der Waals surface area contributed by atoms with Gasteiger partial charge in [0.1, 0.15) is 11.5 Å². The zero-order valence-electron chi connectivity index (χ0n) is 11.4. The summed E-state index contributed by atoms with van der Waals surface area (Å²) in [5.74, 6) is 1.80. The Morgan fingerprint density at radius 3 is 2.70 bits per heavy atom. The van der Waals surface area contributed by atoms with Crippen molar-refractivity contribution in [1.29, 1.82) is 0 Å². The molecule has 1 aromatic carbocycles. The van der Waals surface area contributed by atoms with E-state index in [-0.39, 0.29) is 0 Å². The van der Waals surface area contributed by atoms with Crippen LogP contribution in [-0.2, 0) is 6.42 Å². The SMILES string of the molecule is CCOc1ccc(NC(=S)NCCc2ccco2)cc1. The standard InChI is InChI=1S/C15H18N2O2S/c1-2-18-14-7-5-12(6-8-14)17-15(20)16-10-9-13-4-3-11-19-13/h3-8,11H,2,9-10H2,1H3,(H2,16,17,20). The van der Waals surface area contributed by atoms with Gasteiger partial charge in [-0.15, -0.1) is 0 Å². The molecular formula is C15H18N2O2S. The van der Waals surface area contributed by atoms with Crippen molar-refractivity contribution in [2.24, 2.45) is 0 Å². The minimum atomic E-state index is 0.598. The molecule has 0 aliphatic rings. The summed E-state index contributed by atoms with van der Waals surface area (Å²) in [6.07, 6.45) is 2.48. The van der Waals surface area contributed by atoms with E-state index in [1.54, 1.807) is 6.26 Å². The number of rotatable bonds is 6. The van der Waals surface area contributed by atoms with Crippen LogP contribution in [0.4, 0.5) is 5.69 Å². The van der Waals surface area contributed by atoms with E-state index < -0.39 is 0 Å². The van der Waals surface area contributed by atoms with E-state index in [0.29, 0.717) is 11.7 Å². The maximum absolute atomic E-state index is 5.39. The van der Waals surface area contributed by atoms with Crippen molar-refractivity contribution in [1.82, 2.24) is 5.32 Å². The molecule has 0 aliphatic carbocycles. The lowest BCUT2D eigenvalue weighted by molar-refractivity contribution is 0.340. The first-order chi connectivity index (χ1) is 9.78. The molecule has 0 atom stereocenters. The molecule has 20 heavy (non-hydrogen) atoms. The van der Waals surface area contributed by atoms with Crippen molar-refractivity contribution in [3.8, 4) is 5.75 Å². The first kappa shape index (κ1) is 14.4. The smallest absolute Gasteiger partial charge is 0.170 e. The van der Waals surface area contributed by atoms with E-state index in [4.69, 9.17) is 21.4 Å². The van der Waals surface area contributed by atoms with Gasteiger partial charge in [0.05, 0.1) is 12.9 Å². The molecule has 0 bridgehead atoms. The average molecular weight is 290 g/mol. The monoisotopic (exact) mass is 290 g/mol. The van der Waals surface area contributed by atoms with Crippen LogP contribution < -0.4 is 15.4 Å². The number of furan rings is 1. The second-order valence-corrected chi connectivity index (χ2v) is 4.58. The molecule has 4 nitrogen and oxygen atoms in total. The van der Waals surface area contributed by atoms with E-state index in [0.717, 1.165) is 30.2 Å². The molecule has 106 valence electrons. The number of hydrogen-bond acceptors (Lipinski definition) is 3. The third-order valence-corrected chi connectivity index (χ3v) is 2.91. The number of nitrogens with one attached hydrogen (secondary N) is 2. The first-order valence-electron chi connectivity index (χ1n) is 6.58.